The third-order valence-corrected chi connectivity index (χ3v) is 7.42. The summed E-state index contributed by atoms with van der Waals surface area (Å²) in [4.78, 5) is 0. The van der Waals surface area contributed by atoms with Crippen molar-refractivity contribution in [3.63, 3.8) is 0 Å². The van der Waals surface area contributed by atoms with Gasteiger partial charge in [-0.2, -0.15) is 0 Å². The van der Waals surface area contributed by atoms with Crippen molar-refractivity contribution in [1.29, 1.82) is 0 Å². The number of hydrogen-bond donors (Lipinski definition) is 8. The predicted molar refractivity (Wildman–Crippen MR) is 102 cm³/mol. The van der Waals surface area contributed by atoms with Crippen molar-refractivity contribution in [2.45, 2.75) is 112 Å². The lowest BCUT2D eigenvalue weighted by molar-refractivity contribution is -0.375. The van der Waals surface area contributed by atoms with Crippen LogP contribution in [0.5, 0.6) is 0 Å². The standard InChI is InChI=1S/C20H34O11/c21-8-4-11(23)9-6-14(30-20-17(27)15(25)16(26)19(28)31-20)18(29-13(9)5-8)7-1-2-10(22)12(24)3-7/h7-28H,1-6H2/p+1/t7?,8?,9?,10?,11?,12?,13?,14?,15-,16-,17+,18?,19-,20+/m0/s1. The molecule has 9 N–H and O–H groups in total. The molecule has 9 unspecified atom stereocenters. The second kappa shape index (κ2) is 9.43. The normalized spacial score (nSPS) is 56.1. The largest absolute Gasteiger partial charge is 0.427 e. The first-order valence-electron chi connectivity index (χ1n) is 11.1. The summed E-state index contributed by atoms with van der Waals surface area (Å²) >= 11 is 0. The van der Waals surface area contributed by atoms with Crippen LogP contribution < -0.4 is 0 Å². The molecule has 31 heavy (non-hydrogen) atoms. The highest BCUT2D eigenvalue weighted by Gasteiger charge is 2.54. The third kappa shape index (κ3) is 4.78. The van der Waals surface area contributed by atoms with Gasteiger partial charge in [-0.3, -0.25) is 0 Å². The average molecular weight is 451 g/mol. The highest BCUT2D eigenvalue weighted by molar-refractivity contribution is 4.98. The van der Waals surface area contributed by atoms with E-state index < -0.39 is 67.5 Å². The molecule has 11 heteroatoms. The Balaban J connectivity index is 1.53. The van der Waals surface area contributed by atoms with Crippen LogP contribution in [-0.2, 0) is 9.47 Å². The highest BCUT2D eigenvalue weighted by atomic mass is 16.8. The summed E-state index contributed by atoms with van der Waals surface area (Å²) in [6, 6.07) is 0. The molecule has 2 heterocycles. The smallest absolute Gasteiger partial charge is 0.189 e. The molecule has 4 rings (SSSR count). The molecule has 0 aromatic heterocycles. The summed E-state index contributed by atoms with van der Waals surface area (Å²) in [7, 11) is 0. The van der Waals surface area contributed by atoms with Gasteiger partial charge in [-0.1, -0.05) is 0 Å². The molecule has 0 bridgehead atoms. The first-order chi connectivity index (χ1) is 14.7. The maximum atomic E-state index is 10.5. The zero-order valence-electron chi connectivity index (χ0n) is 17.2. The Morgan fingerprint density at radius 2 is 1.45 bits per heavy atom. The predicted octanol–water partition coefficient (Wildman–Crippen LogP) is -3.55. The number of aliphatic hydroxyl groups is 10. The highest BCUT2D eigenvalue weighted by Crippen LogP contribution is 2.42. The van der Waals surface area contributed by atoms with Crippen LogP contribution in [0.15, 0.2) is 0 Å². The van der Waals surface area contributed by atoms with Crippen LogP contribution in [0.3, 0.4) is 0 Å². The Morgan fingerprint density at radius 3 is 2.16 bits per heavy atom. The lowest BCUT2D eigenvalue weighted by atomic mass is 9.72. The van der Waals surface area contributed by atoms with E-state index in [2.05, 4.69) is 0 Å². The number of fused-ring (bicyclic) bond motifs is 1. The summed E-state index contributed by atoms with van der Waals surface area (Å²) in [6.07, 6.45) is -10.4. The molecule has 0 aromatic rings. The lowest BCUT2D eigenvalue weighted by Gasteiger charge is -2.48. The van der Waals surface area contributed by atoms with Gasteiger partial charge < -0.3 is 55.1 Å². The Hall–Kier alpha value is -0.440. The topological polar surface area (TPSA) is 193 Å². The van der Waals surface area contributed by atoms with Crippen LogP contribution in [0.2, 0.25) is 0 Å². The molecule has 180 valence electrons. The van der Waals surface area contributed by atoms with Crippen LogP contribution in [0.4, 0.5) is 0 Å². The van der Waals surface area contributed by atoms with Gasteiger partial charge in [-0.05, 0) is 25.7 Å². The fourth-order valence-electron chi connectivity index (χ4n) is 5.62. The first-order valence-corrected chi connectivity index (χ1v) is 11.1. The molecule has 4 aliphatic rings. The zero-order valence-corrected chi connectivity index (χ0v) is 17.2. The maximum Gasteiger partial charge on any atom is 0.189 e. The van der Waals surface area contributed by atoms with Gasteiger partial charge in [0.05, 0.1) is 30.3 Å². The van der Waals surface area contributed by atoms with E-state index in [1.165, 1.54) is 0 Å². The molecule has 0 spiro atoms. The Kier molecular flexibility index (Phi) is 7.21. The quantitative estimate of drug-likeness (QED) is 0.199. The van der Waals surface area contributed by atoms with E-state index in [0.717, 1.165) is 0 Å². The van der Waals surface area contributed by atoms with Gasteiger partial charge in [-0.15, -0.1) is 0 Å². The summed E-state index contributed by atoms with van der Waals surface area (Å²) in [5.74, 6) is -0.411. The van der Waals surface area contributed by atoms with E-state index >= 15 is 0 Å². The summed E-state index contributed by atoms with van der Waals surface area (Å²) in [5, 5.41) is 80.4. The molecular formula is C20H35O11+. The van der Waals surface area contributed by atoms with Crippen LogP contribution >= 0.6 is 0 Å². The van der Waals surface area contributed by atoms with Gasteiger partial charge in [0.15, 0.2) is 24.8 Å². The molecule has 2 aliphatic carbocycles. The zero-order chi connectivity index (χ0) is 22.4. The van der Waals surface area contributed by atoms with Crippen molar-refractivity contribution in [2.75, 3.05) is 0 Å². The van der Waals surface area contributed by atoms with E-state index in [1.54, 1.807) is 0 Å². The summed E-state index contributed by atoms with van der Waals surface area (Å²) in [6.45, 7) is 0. The number of rotatable bonds is 3. The Bertz CT molecular complexity index is 608. The van der Waals surface area contributed by atoms with Crippen molar-refractivity contribution in [3.05, 3.63) is 0 Å². The van der Waals surface area contributed by atoms with E-state index in [-0.39, 0.29) is 24.4 Å². The number of ether oxygens (including phenoxy) is 3. The lowest BCUT2D eigenvalue weighted by Crippen LogP contribution is -2.62. The third-order valence-electron chi connectivity index (χ3n) is 7.42. The minimum atomic E-state index is -1.74. The molecule has 0 radical (unpaired) electrons. The van der Waals surface area contributed by atoms with E-state index in [1.807, 2.05) is 0 Å². The Morgan fingerprint density at radius 1 is 0.710 bits per heavy atom. The van der Waals surface area contributed by atoms with Gasteiger partial charge in [0.1, 0.15) is 24.4 Å². The van der Waals surface area contributed by atoms with E-state index in [0.29, 0.717) is 32.1 Å². The van der Waals surface area contributed by atoms with Gasteiger partial charge in [0, 0.05) is 18.8 Å². The monoisotopic (exact) mass is 451 g/mol. The fourth-order valence-corrected chi connectivity index (χ4v) is 5.62. The molecular weight excluding hydrogens is 416 g/mol. The van der Waals surface area contributed by atoms with E-state index in [9.17, 15) is 40.9 Å². The molecule has 14 atom stereocenters. The molecule has 11 nitrogen and oxygen atoms in total. The van der Waals surface area contributed by atoms with Crippen molar-refractivity contribution in [3.8, 4) is 0 Å². The van der Waals surface area contributed by atoms with Crippen LogP contribution in [0, 0.1) is 11.8 Å². The second-order valence-corrected chi connectivity index (χ2v) is 9.55. The number of hydrogen-bond acceptors (Lipinski definition) is 10. The fraction of sp³-hybridized carbons (Fsp3) is 1.00. The SMILES string of the molecule is OC1CC(O)C2CC(O[C@@H]3O[C@H](O)[C@@H](O)[C@H](O)[C@H]3O)C(C3CCC(O)C(O)C3)[OH+]C2C1. The molecule has 0 aromatic carbocycles. The van der Waals surface area contributed by atoms with Crippen LogP contribution in [-0.4, -0.2) is 119 Å². The summed E-state index contributed by atoms with van der Waals surface area (Å²) < 4.78 is 16.0. The van der Waals surface area contributed by atoms with Crippen molar-refractivity contribution in [2.24, 2.45) is 11.8 Å². The first kappa shape index (κ1) is 23.7. The van der Waals surface area contributed by atoms with Gasteiger partial charge >= 0.3 is 0 Å². The molecule has 4 fully saturated rings. The minimum absolute atomic E-state index is 0.137. The molecule has 0 amide bonds. The van der Waals surface area contributed by atoms with Crippen molar-refractivity contribution >= 4 is 0 Å². The van der Waals surface area contributed by atoms with Crippen molar-refractivity contribution < 1.29 is 55.1 Å². The Labute approximate surface area is 179 Å². The van der Waals surface area contributed by atoms with Crippen LogP contribution in [0.1, 0.15) is 38.5 Å². The van der Waals surface area contributed by atoms with Crippen LogP contribution in [0.25, 0.3) is 0 Å². The van der Waals surface area contributed by atoms with Gasteiger partial charge in [0.2, 0.25) is 0 Å². The van der Waals surface area contributed by atoms with Crippen molar-refractivity contribution in [1.82, 2.24) is 0 Å². The average Bonchev–Trinajstić information content (AvgIpc) is 2.72. The minimum Gasteiger partial charge on any atom is -0.427 e. The summed E-state index contributed by atoms with van der Waals surface area (Å²) in [5.41, 5.74) is 0. The van der Waals surface area contributed by atoms with Gasteiger partial charge in [-0.25, -0.2) is 0 Å². The molecule has 2 aliphatic heterocycles. The molecule has 2 saturated heterocycles. The second-order valence-electron chi connectivity index (χ2n) is 9.55. The van der Waals surface area contributed by atoms with E-state index in [4.69, 9.17) is 14.2 Å². The van der Waals surface area contributed by atoms with Gasteiger partial charge in [0.25, 0.3) is 0 Å². The number of aliphatic hydroxyl groups excluding tert-OH is 8. The molecule has 2 saturated carbocycles. The maximum absolute atomic E-state index is 10.5.